The van der Waals surface area contributed by atoms with Gasteiger partial charge in [-0.3, -0.25) is 0 Å². The summed E-state index contributed by atoms with van der Waals surface area (Å²) in [7, 11) is 0. The molecule has 0 aliphatic carbocycles. The SMILES string of the molecule is [Li]/[CH]=C/C=C/C. The molecule has 0 radical (unpaired) electrons. The van der Waals surface area contributed by atoms with Crippen molar-refractivity contribution >= 4 is 17.7 Å². The van der Waals surface area contributed by atoms with Gasteiger partial charge in [-0.25, -0.2) is 0 Å². The van der Waals surface area contributed by atoms with Crippen molar-refractivity contribution in [3.63, 3.8) is 0 Å². The third-order valence-electron chi connectivity index (χ3n) is 0.496. The molecule has 0 atom stereocenters. The second-order valence-electron chi connectivity index (χ2n) is 1.05. The maximum absolute atomic E-state index is 2.00. The van der Waals surface area contributed by atoms with E-state index in [1.54, 1.807) is 0 Å². The van der Waals surface area contributed by atoms with Crippen LogP contribution < -0.4 is 0 Å². The van der Waals surface area contributed by atoms with E-state index in [9.17, 15) is 0 Å². The molecule has 0 N–H and O–H groups in total. The van der Waals surface area contributed by atoms with E-state index in [-0.39, 0.29) is 0 Å². The van der Waals surface area contributed by atoms with E-state index in [1.807, 2.05) is 47.6 Å². The standard InChI is InChI=1S/C5H7.Li/c1-3-5-4-2;/h1,3-5H,2H3;/b3-1?,5-4+;. The topological polar surface area (TPSA) is 0 Å². The van der Waals surface area contributed by atoms with Gasteiger partial charge in [-0.05, 0) is 0 Å². The van der Waals surface area contributed by atoms with Crippen LogP contribution in [0.1, 0.15) is 6.92 Å². The van der Waals surface area contributed by atoms with Gasteiger partial charge in [0.25, 0.3) is 0 Å². The molecular weight excluding hydrogens is 67.0 g/mol. The molecule has 0 aliphatic rings. The zero-order valence-corrected chi connectivity index (χ0v) is 4.31. The van der Waals surface area contributed by atoms with Crippen molar-refractivity contribution < 1.29 is 0 Å². The fourth-order valence-electron chi connectivity index (χ4n) is 0.222. The fraction of sp³-hybridized carbons (Fsp3) is 0.200. The van der Waals surface area contributed by atoms with E-state index >= 15 is 0 Å². The Labute approximate surface area is 48.1 Å². The van der Waals surface area contributed by atoms with Crippen LogP contribution in [-0.4, -0.2) is 17.7 Å². The average molecular weight is 74.1 g/mol. The summed E-state index contributed by atoms with van der Waals surface area (Å²) in [5.74, 6) is 0. The first kappa shape index (κ1) is 6.08. The molecule has 0 spiro atoms. The van der Waals surface area contributed by atoms with Gasteiger partial charge in [0.1, 0.15) is 0 Å². The van der Waals surface area contributed by atoms with Gasteiger partial charge in [0.05, 0.1) is 0 Å². The van der Waals surface area contributed by atoms with Crippen molar-refractivity contribution in [1.29, 1.82) is 0 Å². The Kier molecular flexibility index (Phi) is 5.14. The minimum absolute atomic E-state index is 2.00. The Hall–Kier alpha value is 0.0774. The molecule has 0 saturated carbocycles. The van der Waals surface area contributed by atoms with E-state index in [0.717, 1.165) is 0 Å². The molecule has 28 valence electrons. The molecule has 0 aromatic heterocycles. The van der Waals surface area contributed by atoms with Crippen molar-refractivity contribution in [3.8, 4) is 0 Å². The van der Waals surface area contributed by atoms with Crippen LogP contribution in [0.25, 0.3) is 0 Å². The van der Waals surface area contributed by atoms with Gasteiger partial charge in [0.2, 0.25) is 0 Å². The van der Waals surface area contributed by atoms with Crippen LogP contribution in [0.3, 0.4) is 0 Å². The molecule has 0 fully saturated rings. The van der Waals surface area contributed by atoms with Crippen molar-refractivity contribution in [3.05, 3.63) is 23.0 Å². The molecule has 0 heterocycles. The van der Waals surface area contributed by atoms with Crippen molar-refractivity contribution in [2.45, 2.75) is 6.92 Å². The maximum atomic E-state index is 2.00. The van der Waals surface area contributed by atoms with Crippen LogP contribution in [0.15, 0.2) is 23.0 Å². The minimum atomic E-state index is 2.00. The first-order chi connectivity index (χ1) is 2.91. The molecule has 0 unspecified atom stereocenters. The summed E-state index contributed by atoms with van der Waals surface area (Å²) in [6.45, 7) is 2.00. The fourth-order valence-corrected chi connectivity index (χ4v) is 0.222. The second-order valence-corrected chi connectivity index (χ2v) is 1.05. The number of rotatable bonds is 1. The summed E-state index contributed by atoms with van der Waals surface area (Å²) in [5.41, 5.74) is 0. The van der Waals surface area contributed by atoms with Gasteiger partial charge in [0.15, 0.2) is 0 Å². The molecule has 0 rings (SSSR count). The molecule has 0 bridgehead atoms. The number of hydrogen-bond acceptors (Lipinski definition) is 0. The summed E-state index contributed by atoms with van der Waals surface area (Å²) >= 11 is 2.00. The third kappa shape index (κ3) is 4.08. The second kappa shape index (κ2) is 5.08. The molecule has 0 nitrogen and oxygen atoms in total. The van der Waals surface area contributed by atoms with Crippen LogP contribution in [-0.2, 0) is 0 Å². The Morgan fingerprint density at radius 2 is 2.00 bits per heavy atom. The van der Waals surface area contributed by atoms with E-state index in [2.05, 4.69) is 0 Å². The Morgan fingerprint density at radius 1 is 1.33 bits per heavy atom. The van der Waals surface area contributed by atoms with Crippen molar-refractivity contribution in [2.24, 2.45) is 0 Å². The van der Waals surface area contributed by atoms with Gasteiger partial charge in [-0.1, -0.05) is 0 Å². The summed E-state index contributed by atoms with van der Waals surface area (Å²) in [6, 6.07) is 0. The summed E-state index contributed by atoms with van der Waals surface area (Å²) in [4.78, 5) is 0. The normalized spacial score (nSPS) is 11.8. The summed E-state index contributed by atoms with van der Waals surface area (Å²) in [5, 5.41) is 0. The summed E-state index contributed by atoms with van der Waals surface area (Å²) < 4.78 is 2.00. The average Bonchev–Trinajstić information content (AvgIpc) is 1.61. The van der Waals surface area contributed by atoms with E-state index in [1.165, 1.54) is 0 Å². The van der Waals surface area contributed by atoms with E-state index < -0.39 is 0 Å². The zero-order valence-electron chi connectivity index (χ0n) is 4.31. The molecule has 0 amide bonds. The Balaban J connectivity index is 3.07. The van der Waals surface area contributed by atoms with Crippen LogP contribution in [0.5, 0.6) is 0 Å². The predicted octanol–water partition coefficient (Wildman–Crippen LogP) is 1.24. The van der Waals surface area contributed by atoms with Gasteiger partial charge < -0.3 is 0 Å². The number of hydrogen-bond donors (Lipinski definition) is 0. The predicted molar refractivity (Wildman–Crippen MR) is 29.7 cm³/mol. The molecule has 0 saturated heterocycles. The van der Waals surface area contributed by atoms with Gasteiger partial charge in [0, 0.05) is 0 Å². The molecular formula is C5H7Li. The van der Waals surface area contributed by atoms with Crippen molar-refractivity contribution in [2.75, 3.05) is 0 Å². The molecule has 0 aromatic carbocycles. The van der Waals surface area contributed by atoms with Crippen LogP contribution in [0.4, 0.5) is 0 Å². The van der Waals surface area contributed by atoms with E-state index in [4.69, 9.17) is 0 Å². The van der Waals surface area contributed by atoms with Gasteiger partial charge >= 0.3 is 47.6 Å². The number of allylic oxidation sites excluding steroid dienone is 3. The third-order valence-corrected chi connectivity index (χ3v) is 0.496. The van der Waals surface area contributed by atoms with Crippen LogP contribution in [0, 0.1) is 0 Å². The molecule has 0 aromatic rings. The first-order valence-electron chi connectivity index (χ1n) is 2.15. The van der Waals surface area contributed by atoms with Gasteiger partial charge in [-0.2, -0.15) is 0 Å². The molecule has 6 heavy (non-hydrogen) atoms. The van der Waals surface area contributed by atoms with Gasteiger partial charge in [-0.15, -0.1) is 0 Å². The molecule has 1 heteroatoms. The zero-order chi connectivity index (χ0) is 4.83. The van der Waals surface area contributed by atoms with Crippen molar-refractivity contribution in [1.82, 2.24) is 0 Å². The Morgan fingerprint density at radius 3 is 2.17 bits per heavy atom. The summed E-state index contributed by atoms with van der Waals surface area (Å²) in [6.07, 6.45) is 6.00. The molecule has 0 aliphatic heterocycles. The Bertz CT molecular complexity index is 52.3. The van der Waals surface area contributed by atoms with Crippen LogP contribution in [0.2, 0.25) is 0 Å². The monoisotopic (exact) mass is 74.1 g/mol. The van der Waals surface area contributed by atoms with E-state index in [0.29, 0.717) is 0 Å². The van der Waals surface area contributed by atoms with Crippen LogP contribution >= 0.6 is 0 Å². The quantitative estimate of drug-likeness (QED) is 0.324. The first-order valence-corrected chi connectivity index (χ1v) is 2.15.